The van der Waals surface area contributed by atoms with Gasteiger partial charge in [0.15, 0.2) is 0 Å². The monoisotopic (exact) mass is 270 g/mol. The first kappa shape index (κ1) is 15.0. The van der Waals surface area contributed by atoms with Gasteiger partial charge in [0.25, 0.3) is 0 Å². The SMILES string of the molecule is CC.CC(C)(C)c1nnc(NC(=O)C2CCN2)s1. The molecular formula is C12H22N4OS. The van der Waals surface area contributed by atoms with Gasteiger partial charge in [-0.1, -0.05) is 46.0 Å². The van der Waals surface area contributed by atoms with Crippen LogP contribution in [0.5, 0.6) is 0 Å². The van der Waals surface area contributed by atoms with Crippen LogP contribution >= 0.6 is 11.3 Å². The Morgan fingerprint density at radius 3 is 2.39 bits per heavy atom. The van der Waals surface area contributed by atoms with Crippen LogP contribution in [-0.2, 0) is 10.2 Å². The van der Waals surface area contributed by atoms with E-state index in [-0.39, 0.29) is 17.4 Å². The third-order valence-electron chi connectivity index (χ3n) is 2.44. The molecule has 2 N–H and O–H groups in total. The summed E-state index contributed by atoms with van der Waals surface area (Å²) in [7, 11) is 0. The molecule has 2 rings (SSSR count). The van der Waals surface area contributed by atoms with Crippen molar-refractivity contribution in [2.24, 2.45) is 0 Å². The molecule has 1 unspecified atom stereocenters. The molecule has 0 saturated carbocycles. The van der Waals surface area contributed by atoms with Gasteiger partial charge in [-0.15, -0.1) is 10.2 Å². The highest BCUT2D eigenvalue weighted by Crippen LogP contribution is 2.27. The van der Waals surface area contributed by atoms with E-state index in [0.29, 0.717) is 5.13 Å². The number of anilines is 1. The van der Waals surface area contributed by atoms with Crippen LogP contribution in [0, 0.1) is 0 Å². The van der Waals surface area contributed by atoms with E-state index in [1.54, 1.807) is 0 Å². The van der Waals surface area contributed by atoms with E-state index >= 15 is 0 Å². The fourth-order valence-electron chi connectivity index (χ4n) is 1.28. The van der Waals surface area contributed by atoms with Crippen molar-refractivity contribution in [1.29, 1.82) is 0 Å². The third-order valence-corrected chi connectivity index (χ3v) is 3.70. The molecule has 0 bridgehead atoms. The van der Waals surface area contributed by atoms with Gasteiger partial charge in [0, 0.05) is 5.41 Å². The van der Waals surface area contributed by atoms with Crippen LogP contribution in [0.15, 0.2) is 0 Å². The summed E-state index contributed by atoms with van der Waals surface area (Å²) in [6.45, 7) is 11.1. The molecule has 5 nitrogen and oxygen atoms in total. The molecule has 1 aliphatic heterocycles. The maximum atomic E-state index is 11.6. The minimum atomic E-state index is -0.0537. The minimum Gasteiger partial charge on any atom is -0.306 e. The first-order chi connectivity index (χ1) is 8.47. The zero-order valence-corrected chi connectivity index (χ0v) is 12.5. The molecule has 6 heteroatoms. The molecule has 1 fully saturated rings. The van der Waals surface area contributed by atoms with Crippen molar-refractivity contribution in [2.75, 3.05) is 11.9 Å². The maximum Gasteiger partial charge on any atom is 0.243 e. The van der Waals surface area contributed by atoms with Gasteiger partial charge in [-0.3, -0.25) is 10.1 Å². The van der Waals surface area contributed by atoms with Gasteiger partial charge >= 0.3 is 0 Å². The standard InChI is InChI=1S/C10H16N4OS.C2H6/c1-10(2,3)8-13-14-9(16-8)12-7(15)6-4-5-11-6;1-2/h6,11H,4-5H2,1-3H3,(H,12,14,15);1-2H3. The summed E-state index contributed by atoms with van der Waals surface area (Å²) in [4.78, 5) is 11.6. The zero-order chi connectivity index (χ0) is 13.8. The second kappa shape index (κ2) is 6.24. The first-order valence-electron chi connectivity index (χ1n) is 6.35. The molecule has 1 amide bonds. The van der Waals surface area contributed by atoms with Crippen LogP contribution in [-0.4, -0.2) is 28.7 Å². The van der Waals surface area contributed by atoms with Gasteiger partial charge < -0.3 is 5.32 Å². The largest absolute Gasteiger partial charge is 0.306 e. The van der Waals surface area contributed by atoms with E-state index in [4.69, 9.17) is 0 Å². The molecule has 1 saturated heterocycles. The quantitative estimate of drug-likeness (QED) is 0.864. The number of carbonyl (C=O) groups excluding carboxylic acids is 1. The van der Waals surface area contributed by atoms with Crippen LogP contribution in [0.25, 0.3) is 0 Å². The van der Waals surface area contributed by atoms with E-state index in [9.17, 15) is 4.79 Å². The van der Waals surface area contributed by atoms with Gasteiger partial charge in [-0.05, 0) is 13.0 Å². The highest BCUT2D eigenvalue weighted by molar-refractivity contribution is 7.15. The molecule has 0 radical (unpaired) electrons. The minimum absolute atomic E-state index is 0.0112. The number of aromatic nitrogens is 2. The topological polar surface area (TPSA) is 66.9 Å². The Labute approximate surface area is 112 Å². The average molecular weight is 270 g/mol. The van der Waals surface area contributed by atoms with Gasteiger partial charge in [-0.2, -0.15) is 0 Å². The molecule has 1 aliphatic rings. The zero-order valence-electron chi connectivity index (χ0n) is 11.7. The Morgan fingerprint density at radius 2 is 2.00 bits per heavy atom. The highest BCUT2D eigenvalue weighted by atomic mass is 32.1. The maximum absolute atomic E-state index is 11.6. The predicted molar refractivity (Wildman–Crippen MR) is 75.0 cm³/mol. The van der Waals surface area contributed by atoms with E-state index < -0.39 is 0 Å². The number of hydrogen-bond donors (Lipinski definition) is 2. The van der Waals surface area contributed by atoms with E-state index in [1.165, 1.54) is 11.3 Å². The van der Waals surface area contributed by atoms with Crippen LogP contribution < -0.4 is 10.6 Å². The van der Waals surface area contributed by atoms with Crippen molar-refractivity contribution in [3.8, 4) is 0 Å². The Kier molecular flexibility index (Phi) is 5.22. The van der Waals surface area contributed by atoms with Crippen LogP contribution in [0.2, 0.25) is 0 Å². The number of carbonyl (C=O) groups is 1. The van der Waals surface area contributed by atoms with Crippen molar-refractivity contribution in [1.82, 2.24) is 15.5 Å². The summed E-state index contributed by atoms with van der Waals surface area (Å²) < 4.78 is 0. The van der Waals surface area contributed by atoms with Crippen LogP contribution in [0.1, 0.15) is 46.0 Å². The lowest BCUT2D eigenvalue weighted by Gasteiger charge is -2.25. The molecule has 0 spiro atoms. The lowest BCUT2D eigenvalue weighted by atomic mass is 9.98. The first-order valence-corrected chi connectivity index (χ1v) is 7.17. The van der Waals surface area contributed by atoms with Crippen molar-refractivity contribution in [3.63, 3.8) is 0 Å². The van der Waals surface area contributed by atoms with Gasteiger partial charge in [0.2, 0.25) is 11.0 Å². The Hall–Kier alpha value is -1.01. The summed E-state index contributed by atoms with van der Waals surface area (Å²) in [5.74, 6) is -0.0112. The smallest absolute Gasteiger partial charge is 0.243 e. The van der Waals surface area contributed by atoms with Crippen LogP contribution in [0.4, 0.5) is 5.13 Å². The highest BCUT2D eigenvalue weighted by Gasteiger charge is 2.26. The van der Waals surface area contributed by atoms with Crippen molar-refractivity contribution in [2.45, 2.75) is 52.5 Å². The summed E-state index contributed by atoms with van der Waals surface area (Å²) in [5.41, 5.74) is -0.0185. The van der Waals surface area contributed by atoms with Crippen LogP contribution in [0.3, 0.4) is 0 Å². The second-order valence-electron chi connectivity index (χ2n) is 4.95. The van der Waals surface area contributed by atoms with E-state index in [2.05, 4.69) is 41.6 Å². The predicted octanol–water partition coefficient (Wildman–Crippen LogP) is 2.16. The summed E-state index contributed by atoms with van der Waals surface area (Å²) in [5, 5.41) is 15.4. The van der Waals surface area contributed by atoms with Crippen molar-refractivity contribution < 1.29 is 4.79 Å². The summed E-state index contributed by atoms with van der Waals surface area (Å²) in [6.07, 6.45) is 0.900. The number of nitrogens with zero attached hydrogens (tertiary/aromatic N) is 2. The number of amides is 1. The molecule has 1 atom stereocenters. The molecule has 0 aliphatic carbocycles. The summed E-state index contributed by atoms with van der Waals surface area (Å²) in [6, 6.07) is -0.0537. The van der Waals surface area contributed by atoms with Crippen molar-refractivity contribution >= 4 is 22.4 Å². The molecule has 102 valence electrons. The lowest BCUT2D eigenvalue weighted by Crippen LogP contribution is -2.50. The Bertz CT molecular complexity index is 393. The van der Waals surface area contributed by atoms with E-state index in [1.807, 2.05) is 13.8 Å². The molecule has 1 aromatic heterocycles. The second-order valence-corrected chi connectivity index (χ2v) is 5.92. The fraction of sp³-hybridized carbons (Fsp3) is 0.750. The molecular weight excluding hydrogens is 248 g/mol. The Balaban J connectivity index is 0.000000771. The average Bonchev–Trinajstić information content (AvgIpc) is 2.66. The van der Waals surface area contributed by atoms with Gasteiger partial charge in [0.1, 0.15) is 5.01 Å². The number of rotatable bonds is 2. The molecule has 18 heavy (non-hydrogen) atoms. The Morgan fingerprint density at radius 1 is 1.39 bits per heavy atom. The third kappa shape index (κ3) is 3.74. The molecule has 2 heterocycles. The lowest BCUT2D eigenvalue weighted by molar-refractivity contribution is -0.119. The number of hydrogen-bond acceptors (Lipinski definition) is 5. The number of nitrogens with one attached hydrogen (secondary N) is 2. The summed E-state index contributed by atoms with van der Waals surface area (Å²) >= 11 is 1.44. The normalized spacial score (nSPS) is 18.4. The molecule has 0 aromatic carbocycles. The van der Waals surface area contributed by atoms with Gasteiger partial charge in [0.05, 0.1) is 6.04 Å². The molecule has 1 aromatic rings. The van der Waals surface area contributed by atoms with E-state index in [0.717, 1.165) is 18.0 Å². The fourth-order valence-corrected chi connectivity index (χ4v) is 2.09. The van der Waals surface area contributed by atoms with Crippen molar-refractivity contribution in [3.05, 3.63) is 5.01 Å². The van der Waals surface area contributed by atoms with Gasteiger partial charge in [-0.25, -0.2) is 0 Å².